The Hall–Kier alpha value is -0.180. The van der Waals surface area contributed by atoms with E-state index in [1.54, 1.807) is 0 Å². The van der Waals surface area contributed by atoms with E-state index in [1.165, 1.54) is 9.80 Å². The summed E-state index contributed by atoms with van der Waals surface area (Å²) in [7, 11) is 0. The van der Waals surface area contributed by atoms with Gasteiger partial charge < -0.3 is 10.6 Å². The van der Waals surface area contributed by atoms with E-state index < -0.39 is 0 Å². The number of unbranched alkanes of at least 4 members (excludes halogenated alkanes) is 4. The van der Waals surface area contributed by atoms with Crippen molar-refractivity contribution in [1.29, 1.82) is 0 Å². The first-order valence-corrected chi connectivity index (χ1v) is 21.7. The van der Waals surface area contributed by atoms with Gasteiger partial charge in [0.25, 0.3) is 11.8 Å². The van der Waals surface area contributed by atoms with E-state index in [0.29, 0.717) is 81.4 Å². The smallest absolute Gasteiger partial charge is 0.267 e. The maximum atomic E-state index is 13.3. The third-order valence-corrected chi connectivity index (χ3v) is 13.5. The topological polar surface area (TPSA) is 98.8 Å². The summed E-state index contributed by atoms with van der Waals surface area (Å²) < 4.78 is 5.63. The van der Waals surface area contributed by atoms with Crippen molar-refractivity contribution in [3.8, 4) is 0 Å². The van der Waals surface area contributed by atoms with Crippen LogP contribution in [-0.2, 0) is 19.2 Å². The van der Waals surface area contributed by atoms with Gasteiger partial charge >= 0.3 is 0 Å². The average Bonchev–Trinajstić information content (AvgIpc) is 3.44. The first-order valence-electron chi connectivity index (χ1n) is 14.5. The number of thioether (sulfide) groups is 2. The molecule has 256 valence electrons. The Balaban J connectivity index is 1.19. The van der Waals surface area contributed by atoms with Gasteiger partial charge in [-0.2, -0.15) is 0 Å². The number of nitrogens with one attached hydrogen (secondary N) is 2. The Labute approximate surface area is 348 Å². The highest BCUT2D eigenvalue weighted by Crippen LogP contribution is 2.42. The summed E-state index contributed by atoms with van der Waals surface area (Å²) in [6, 6.07) is 7.43. The fourth-order valence-corrected chi connectivity index (χ4v) is 12.3. The van der Waals surface area contributed by atoms with Crippen LogP contribution in [0.1, 0.15) is 51.4 Å². The van der Waals surface area contributed by atoms with Crippen LogP contribution in [0.2, 0.25) is 0 Å². The van der Waals surface area contributed by atoms with Crippen LogP contribution in [0.25, 0.3) is 0 Å². The molecule has 2 saturated heterocycles. The largest absolute Gasteiger partial charge is 0.324 e. The molecule has 2 aromatic rings. The molecule has 48 heavy (non-hydrogen) atoms. The zero-order valence-corrected chi connectivity index (χ0v) is 37.6. The molecule has 8 nitrogen and oxygen atoms in total. The Morgan fingerprint density at radius 1 is 0.583 bits per heavy atom. The number of benzene rings is 2. The monoisotopic (exact) mass is 1110 g/mol. The van der Waals surface area contributed by atoms with Crippen molar-refractivity contribution >= 4 is 187 Å². The third kappa shape index (κ3) is 10.9. The number of hydrogen-bond acceptors (Lipinski definition) is 8. The zero-order valence-electron chi connectivity index (χ0n) is 24.8. The molecule has 0 bridgehead atoms. The second-order valence-corrected chi connectivity index (χ2v) is 19.1. The minimum atomic E-state index is -0.289. The van der Waals surface area contributed by atoms with Crippen LogP contribution in [0.15, 0.2) is 60.9 Å². The number of halogens is 6. The third-order valence-electron chi connectivity index (χ3n) is 7.02. The molecule has 4 rings (SSSR count). The molecule has 4 amide bonds. The molecule has 2 heterocycles. The van der Waals surface area contributed by atoms with E-state index in [0.717, 1.165) is 63.2 Å². The van der Waals surface area contributed by atoms with Crippen molar-refractivity contribution in [2.24, 2.45) is 0 Å². The average molecular weight is 1110 g/mol. The van der Waals surface area contributed by atoms with Crippen molar-refractivity contribution in [2.45, 2.75) is 51.4 Å². The summed E-state index contributed by atoms with van der Waals surface area (Å²) in [6.07, 6.45) is 4.75. The van der Waals surface area contributed by atoms with Crippen LogP contribution < -0.4 is 10.6 Å². The lowest BCUT2D eigenvalue weighted by molar-refractivity contribution is -0.124. The molecule has 2 N–H and O–H groups in total. The lowest BCUT2D eigenvalue weighted by Gasteiger charge is -2.15. The van der Waals surface area contributed by atoms with Gasteiger partial charge in [0, 0.05) is 52.8 Å². The minimum Gasteiger partial charge on any atom is -0.324 e. The van der Waals surface area contributed by atoms with Crippen LogP contribution in [0, 0.1) is 0 Å². The minimum absolute atomic E-state index is 0.102. The van der Waals surface area contributed by atoms with E-state index in [-0.39, 0.29) is 23.6 Å². The van der Waals surface area contributed by atoms with E-state index in [4.69, 9.17) is 24.4 Å². The predicted octanol–water partition coefficient (Wildman–Crippen LogP) is 10.9. The molecule has 2 aromatic carbocycles. The second kappa shape index (κ2) is 19.1. The maximum Gasteiger partial charge on any atom is 0.267 e. The Bertz CT molecular complexity index is 1540. The number of rotatable bonds is 14. The summed E-state index contributed by atoms with van der Waals surface area (Å²) in [5.41, 5.74) is 1.34. The van der Waals surface area contributed by atoms with Crippen molar-refractivity contribution < 1.29 is 19.2 Å². The molecule has 0 aromatic heterocycles. The molecule has 18 heteroatoms. The molecular formula is C30H26Br6N4O4S4. The van der Waals surface area contributed by atoms with Crippen LogP contribution in [0.5, 0.6) is 0 Å². The van der Waals surface area contributed by atoms with E-state index in [2.05, 4.69) is 106 Å². The van der Waals surface area contributed by atoms with Crippen LogP contribution in [0.4, 0.5) is 11.4 Å². The van der Waals surface area contributed by atoms with Gasteiger partial charge in [-0.25, -0.2) is 0 Å². The molecular weight excluding hydrogens is 1090 g/mol. The molecule has 0 unspecified atom stereocenters. The molecule has 0 aliphatic carbocycles. The quantitative estimate of drug-likeness (QED) is 0.110. The standard InChI is InChI=1S/C30H26Br6N4O4S4/c31-15-11-17(33)23(18(34)12-15)37-21(41)7-3-1-5-9-39-27(43)25(47-29(39)45)26-28(44)40(30(46)48-26)10-6-2-4-8-22(42)38-24-19(35)13-16(32)14-20(24)36/h11-14H,1-10H2,(H,37,41)(H,38,42). The lowest BCUT2D eigenvalue weighted by atomic mass is 10.1. The normalized spacial score (nSPS) is 16.4. The van der Waals surface area contributed by atoms with Crippen LogP contribution >= 0.6 is 144 Å². The van der Waals surface area contributed by atoms with E-state index in [1.807, 2.05) is 24.3 Å². The Morgan fingerprint density at radius 2 is 0.917 bits per heavy atom. The summed E-state index contributed by atoms with van der Waals surface area (Å²) in [4.78, 5) is 55.2. The Kier molecular flexibility index (Phi) is 16.1. The van der Waals surface area contributed by atoms with Gasteiger partial charge in [0.2, 0.25) is 11.8 Å². The fraction of sp³-hybridized carbons (Fsp3) is 0.333. The summed E-state index contributed by atoms with van der Waals surface area (Å²) >= 11 is 33.9. The summed E-state index contributed by atoms with van der Waals surface area (Å²) in [5, 5.41) is 5.84. The van der Waals surface area contributed by atoms with Gasteiger partial charge in [0.1, 0.15) is 8.64 Å². The number of thiocarbonyl (C=S) groups is 2. The zero-order chi connectivity index (χ0) is 35.1. The number of nitrogens with zero attached hydrogens (tertiary/aromatic N) is 2. The van der Waals surface area contributed by atoms with Gasteiger partial charge in [-0.1, -0.05) is 92.7 Å². The van der Waals surface area contributed by atoms with Gasteiger partial charge in [-0.15, -0.1) is 0 Å². The predicted molar refractivity (Wildman–Crippen MR) is 224 cm³/mol. The molecule has 0 atom stereocenters. The van der Waals surface area contributed by atoms with Crippen molar-refractivity contribution in [1.82, 2.24) is 9.80 Å². The molecule has 2 fully saturated rings. The Morgan fingerprint density at radius 3 is 1.25 bits per heavy atom. The molecule has 0 radical (unpaired) electrons. The first-order chi connectivity index (χ1) is 22.8. The fourth-order valence-electron chi connectivity index (χ4n) is 4.65. The van der Waals surface area contributed by atoms with Crippen molar-refractivity contribution in [3.63, 3.8) is 0 Å². The number of amides is 4. The molecule has 0 spiro atoms. The first kappa shape index (κ1) is 40.6. The van der Waals surface area contributed by atoms with Crippen molar-refractivity contribution in [3.05, 3.63) is 60.9 Å². The SMILES string of the molecule is O=C(CCCCCN1C(=O)C(=C2SC(=S)N(CCCCCC(=O)Nc3c(Br)cc(Br)cc3Br)C2=O)SC1=S)Nc1c(Br)cc(Br)cc1Br. The van der Waals surface area contributed by atoms with E-state index in [9.17, 15) is 19.2 Å². The highest BCUT2D eigenvalue weighted by atomic mass is 79.9. The molecule has 2 aliphatic heterocycles. The summed E-state index contributed by atoms with van der Waals surface area (Å²) in [6.45, 7) is 0.812. The summed E-state index contributed by atoms with van der Waals surface area (Å²) in [5.74, 6) is -0.780. The van der Waals surface area contributed by atoms with Gasteiger partial charge in [-0.3, -0.25) is 29.0 Å². The number of carbonyl (C=O) groups is 4. The highest BCUT2D eigenvalue weighted by Gasteiger charge is 2.41. The van der Waals surface area contributed by atoms with E-state index >= 15 is 0 Å². The molecule has 2 aliphatic rings. The number of hydrogen-bond donors (Lipinski definition) is 2. The molecule has 0 saturated carbocycles. The maximum absolute atomic E-state index is 13.3. The van der Waals surface area contributed by atoms with Gasteiger partial charge in [0.05, 0.1) is 21.2 Å². The number of carbonyl (C=O) groups excluding carboxylic acids is 4. The highest BCUT2D eigenvalue weighted by molar-refractivity contribution is 9.12. The van der Waals surface area contributed by atoms with Gasteiger partial charge in [0.15, 0.2) is 0 Å². The van der Waals surface area contributed by atoms with Gasteiger partial charge in [-0.05, 0) is 114 Å². The number of anilines is 2. The lowest BCUT2D eigenvalue weighted by Crippen LogP contribution is -2.31. The second-order valence-electron chi connectivity index (χ2n) is 10.5. The van der Waals surface area contributed by atoms with Crippen LogP contribution in [-0.4, -0.2) is 55.2 Å². The van der Waals surface area contributed by atoms with Crippen molar-refractivity contribution in [2.75, 3.05) is 23.7 Å². The van der Waals surface area contributed by atoms with Crippen LogP contribution in [0.3, 0.4) is 0 Å².